The molecule has 9 heteroatoms. The minimum absolute atomic E-state index is 0.0500. The molecule has 0 spiro atoms. The molecule has 3 rings (SSSR count). The van der Waals surface area contributed by atoms with Gasteiger partial charge in [-0.15, -0.1) is 0 Å². The molecule has 136 valence electrons. The third-order valence-corrected chi connectivity index (χ3v) is 4.68. The van der Waals surface area contributed by atoms with Crippen LogP contribution in [-0.2, 0) is 16.6 Å². The Labute approximate surface area is 146 Å². The van der Waals surface area contributed by atoms with Crippen LogP contribution < -0.4 is 5.32 Å². The van der Waals surface area contributed by atoms with Crippen molar-refractivity contribution in [2.24, 2.45) is 7.05 Å². The summed E-state index contributed by atoms with van der Waals surface area (Å²) in [5.41, 5.74) is 2.54. The Balaban J connectivity index is 1.67. The number of anilines is 1. The predicted octanol–water partition coefficient (Wildman–Crippen LogP) is 0.864. The van der Waals surface area contributed by atoms with E-state index < -0.39 is 0 Å². The molecule has 0 saturated carbocycles. The molecular formula is C16H25N7O2. The van der Waals surface area contributed by atoms with Gasteiger partial charge in [-0.1, -0.05) is 0 Å². The van der Waals surface area contributed by atoms with Gasteiger partial charge in [-0.3, -0.25) is 19.5 Å². The Morgan fingerprint density at radius 3 is 2.76 bits per heavy atom. The third kappa shape index (κ3) is 3.57. The molecule has 0 aliphatic carbocycles. The Morgan fingerprint density at radius 2 is 2.16 bits per heavy atom. The SMILES string of the molecule is Cc1nc([C@@H]2CN([C@@H](C)C(=O)Nc3c(C)nn(C)c3C)CCO2)n[nH]1. The lowest BCUT2D eigenvalue weighted by atomic mass is 10.2. The number of H-pyrrole nitrogens is 1. The van der Waals surface area contributed by atoms with Crippen LogP contribution >= 0.6 is 0 Å². The van der Waals surface area contributed by atoms with E-state index in [1.807, 2.05) is 34.7 Å². The molecule has 1 aliphatic rings. The van der Waals surface area contributed by atoms with Crippen molar-refractivity contribution in [3.05, 3.63) is 23.0 Å². The lowest BCUT2D eigenvalue weighted by Gasteiger charge is -2.35. The highest BCUT2D eigenvalue weighted by molar-refractivity contribution is 5.95. The van der Waals surface area contributed by atoms with Gasteiger partial charge in [0.1, 0.15) is 11.9 Å². The summed E-state index contributed by atoms with van der Waals surface area (Å²) in [6.07, 6.45) is -0.226. The van der Waals surface area contributed by atoms with Crippen molar-refractivity contribution >= 4 is 11.6 Å². The molecule has 1 fully saturated rings. The first kappa shape index (κ1) is 17.6. The molecule has 2 N–H and O–H groups in total. The molecular weight excluding hydrogens is 322 g/mol. The molecule has 1 amide bonds. The van der Waals surface area contributed by atoms with Crippen molar-refractivity contribution < 1.29 is 9.53 Å². The molecule has 0 aromatic carbocycles. The van der Waals surface area contributed by atoms with Gasteiger partial charge in [0, 0.05) is 20.1 Å². The van der Waals surface area contributed by atoms with E-state index in [4.69, 9.17) is 4.74 Å². The van der Waals surface area contributed by atoms with Crippen molar-refractivity contribution in [2.75, 3.05) is 25.0 Å². The Kier molecular flexibility index (Phi) is 4.87. The number of carbonyl (C=O) groups is 1. The number of aromatic amines is 1. The first-order valence-corrected chi connectivity index (χ1v) is 8.42. The van der Waals surface area contributed by atoms with Crippen LogP contribution in [-0.4, -0.2) is 61.5 Å². The Hall–Kier alpha value is -2.26. The van der Waals surface area contributed by atoms with E-state index in [-0.39, 0.29) is 18.1 Å². The summed E-state index contributed by atoms with van der Waals surface area (Å²) in [7, 11) is 1.87. The summed E-state index contributed by atoms with van der Waals surface area (Å²) in [6.45, 7) is 9.41. The number of nitrogens with zero attached hydrogens (tertiary/aromatic N) is 5. The second kappa shape index (κ2) is 6.93. The summed E-state index contributed by atoms with van der Waals surface area (Å²) in [5, 5.41) is 14.4. The van der Waals surface area contributed by atoms with Crippen molar-refractivity contribution in [3.63, 3.8) is 0 Å². The van der Waals surface area contributed by atoms with Crippen LogP contribution in [0.3, 0.4) is 0 Å². The monoisotopic (exact) mass is 347 g/mol. The summed E-state index contributed by atoms with van der Waals surface area (Å²) in [5.74, 6) is 1.34. The highest BCUT2D eigenvalue weighted by Crippen LogP contribution is 2.22. The van der Waals surface area contributed by atoms with E-state index in [0.717, 1.165) is 22.9 Å². The van der Waals surface area contributed by atoms with Gasteiger partial charge in [-0.25, -0.2) is 4.98 Å². The smallest absolute Gasteiger partial charge is 0.241 e. The van der Waals surface area contributed by atoms with Gasteiger partial charge in [-0.2, -0.15) is 10.2 Å². The molecule has 2 atom stereocenters. The lowest BCUT2D eigenvalue weighted by Crippen LogP contribution is -2.48. The second-order valence-corrected chi connectivity index (χ2v) is 6.47. The first-order chi connectivity index (χ1) is 11.9. The number of ether oxygens (including phenoxy) is 1. The first-order valence-electron chi connectivity index (χ1n) is 8.42. The van der Waals surface area contributed by atoms with Crippen LogP contribution in [0.25, 0.3) is 0 Å². The minimum Gasteiger partial charge on any atom is -0.367 e. The number of nitrogens with one attached hydrogen (secondary N) is 2. The summed E-state index contributed by atoms with van der Waals surface area (Å²) in [4.78, 5) is 19.1. The number of carbonyl (C=O) groups excluding carboxylic acids is 1. The largest absolute Gasteiger partial charge is 0.367 e. The van der Waals surface area contributed by atoms with E-state index in [1.54, 1.807) is 4.68 Å². The highest BCUT2D eigenvalue weighted by Gasteiger charge is 2.31. The van der Waals surface area contributed by atoms with Gasteiger partial charge in [0.05, 0.1) is 29.7 Å². The summed E-state index contributed by atoms with van der Waals surface area (Å²) >= 11 is 0. The maximum atomic E-state index is 12.7. The zero-order valence-electron chi connectivity index (χ0n) is 15.3. The van der Waals surface area contributed by atoms with Crippen LogP contribution in [0.5, 0.6) is 0 Å². The summed E-state index contributed by atoms with van der Waals surface area (Å²) < 4.78 is 7.54. The van der Waals surface area contributed by atoms with Gasteiger partial charge < -0.3 is 10.1 Å². The van der Waals surface area contributed by atoms with Crippen molar-refractivity contribution in [1.82, 2.24) is 29.9 Å². The molecule has 3 heterocycles. The Morgan fingerprint density at radius 1 is 1.40 bits per heavy atom. The number of hydrogen-bond acceptors (Lipinski definition) is 6. The molecule has 1 aliphatic heterocycles. The normalized spacial score (nSPS) is 19.8. The average molecular weight is 347 g/mol. The second-order valence-electron chi connectivity index (χ2n) is 6.47. The zero-order valence-corrected chi connectivity index (χ0v) is 15.3. The highest BCUT2D eigenvalue weighted by atomic mass is 16.5. The van der Waals surface area contributed by atoms with Gasteiger partial charge in [0.2, 0.25) is 5.91 Å². The lowest BCUT2D eigenvalue weighted by molar-refractivity contribution is -0.124. The topological polar surface area (TPSA) is 101 Å². The molecule has 0 bridgehead atoms. The van der Waals surface area contributed by atoms with Crippen LogP contribution in [0.4, 0.5) is 5.69 Å². The number of aromatic nitrogens is 5. The molecule has 25 heavy (non-hydrogen) atoms. The van der Waals surface area contributed by atoms with E-state index in [2.05, 4.69) is 30.5 Å². The molecule has 2 aromatic rings. The third-order valence-electron chi connectivity index (χ3n) is 4.68. The van der Waals surface area contributed by atoms with E-state index in [0.29, 0.717) is 25.5 Å². The molecule has 9 nitrogen and oxygen atoms in total. The van der Waals surface area contributed by atoms with Crippen LogP contribution in [0, 0.1) is 20.8 Å². The molecule has 1 saturated heterocycles. The zero-order chi connectivity index (χ0) is 18.1. The van der Waals surface area contributed by atoms with E-state index in [9.17, 15) is 4.79 Å². The van der Waals surface area contributed by atoms with Crippen molar-refractivity contribution in [1.29, 1.82) is 0 Å². The van der Waals surface area contributed by atoms with Crippen molar-refractivity contribution in [2.45, 2.75) is 39.8 Å². The standard InChI is InChI=1S/C16H25N7O2/c1-9-14(10(2)22(5)21-9)18-16(24)11(3)23-6-7-25-13(8-23)15-17-12(4)19-20-15/h11,13H,6-8H2,1-5H3,(H,18,24)(H,17,19,20)/t11-,13-/m0/s1. The summed E-state index contributed by atoms with van der Waals surface area (Å²) in [6, 6.07) is -0.287. The Bertz CT molecular complexity index is 767. The van der Waals surface area contributed by atoms with Gasteiger partial charge >= 0.3 is 0 Å². The van der Waals surface area contributed by atoms with E-state index in [1.165, 1.54) is 0 Å². The number of morpholine rings is 1. The van der Waals surface area contributed by atoms with Gasteiger partial charge in [0.15, 0.2) is 5.82 Å². The number of hydrogen-bond donors (Lipinski definition) is 2. The van der Waals surface area contributed by atoms with Gasteiger partial charge in [-0.05, 0) is 27.7 Å². The van der Waals surface area contributed by atoms with E-state index >= 15 is 0 Å². The fourth-order valence-electron chi connectivity index (χ4n) is 3.03. The van der Waals surface area contributed by atoms with Crippen molar-refractivity contribution in [3.8, 4) is 0 Å². The maximum absolute atomic E-state index is 12.7. The quantitative estimate of drug-likeness (QED) is 0.851. The number of aryl methyl sites for hydroxylation is 3. The average Bonchev–Trinajstić information content (AvgIpc) is 3.13. The van der Waals surface area contributed by atoms with Crippen LogP contribution in [0.15, 0.2) is 0 Å². The fourth-order valence-corrected chi connectivity index (χ4v) is 3.03. The minimum atomic E-state index is -0.287. The fraction of sp³-hybridized carbons (Fsp3) is 0.625. The molecule has 0 unspecified atom stereocenters. The maximum Gasteiger partial charge on any atom is 0.241 e. The molecule has 0 radical (unpaired) electrons. The van der Waals surface area contributed by atoms with Gasteiger partial charge in [0.25, 0.3) is 0 Å². The number of rotatable bonds is 4. The van der Waals surface area contributed by atoms with Crippen LogP contribution in [0.2, 0.25) is 0 Å². The predicted molar refractivity (Wildman–Crippen MR) is 92.2 cm³/mol. The molecule has 2 aromatic heterocycles. The van der Waals surface area contributed by atoms with Crippen LogP contribution in [0.1, 0.15) is 36.1 Å². The number of amides is 1.